The molecule has 140 valence electrons. The fraction of sp³-hybridized carbons (Fsp3) is 1.00. The molecule has 0 spiro atoms. The van der Waals surface area contributed by atoms with Gasteiger partial charge in [-0.05, 0) is 19.5 Å². The van der Waals surface area contributed by atoms with Gasteiger partial charge >= 0.3 is 0 Å². The highest BCUT2D eigenvalue weighted by molar-refractivity contribution is 4.51. The molecule has 0 unspecified atom stereocenters. The van der Waals surface area contributed by atoms with Gasteiger partial charge in [0.05, 0.1) is 6.61 Å². The summed E-state index contributed by atoms with van der Waals surface area (Å²) in [5.74, 6) is 0. The van der Waals surface area contributed by atoms with Gasteiger partial charge in [-0.15, -0.1) is 0 Å². The Hall–Kier alpha value is -0.0800. The third-order valence-electron chi connectivity index (χ3n) is 4.84. The van der Waals surface area contributed by atoms with Crippen molar-refractivity contribution in [2.45, 2.75) is 104 Å². The van der Waals surface area contributed by atoms with E-state index in [2.05, 4.69) is 25.7 Å². The minimum atomic E-state index is 0.903. The van der Waals surface area contributed by atoms with Crippen molar-refractivity contribution < 1.29 is 4.74 Å². The van der Waals surface area contributed by atoms with Gasteiger partial charge in [0, 0.05) is 13.2 Å². The number of rotatable bonds is 19. The van der Waals surface area contributed by atoms with E-state index in [0.29, 0.717) is 0 Å². The number of likely N-dealkylation sites (N-methyl/N-ethyl adjacent to an activating group) is 1. The Kier molecular flexibility index (Phi) is 19.9. The molecule has 0 saturated heterocycles. The second-order valence-corrected chi connectivity index (χ2v) is 6.88. The van der Waals surface area contributed by atoms with Crippen LogP contribution in [0.2, 0.25) is 0 Å². The summed E-state index contributed by atoms with van der Waals surface area (Å²) >= 11 is 0. The molecule has 23 heavy (non-hydrogen) atoms. The van der Waals surface area contributed by atoms with Crippen molar-refractivity contribution in [3.63, 3.8) is 0 Å². The van der Waals surface area contributed by atoms with Gasteiger partial charge in [-0.1, -0.05) is 97.8 Å². The molecule has 0 heterocycles. The highest BCUT2D eigenvalue weighted by Gasteiger charge is 1.98. The topological polar surface area (TPSA) is 12.5 Å². The first-order chi connectivity index (χ1) is 11.3. The van der Waals surface area contributed by atoms with Crippen LogP contribution in [0.5, 0.6) is 0 Å². The van der Waals surface area contributed by atoms with Crippen molar-refractivity contribution in [3.05, 3.63) is 0 Å². The van der Waals surface area contributed by atoms with Gasteiger partial charge in [-0.25, -0.2) is 0 Å². The molecule has 0 aliphatic heterocycles. The molecule has 0 amide bonds. The standard InChI is InChI=1S/C21H45NO/c1-4-7-8-9-10-11-12-13-14-15-16-17-18-20-23-21-19-22(5-2)6-3/h4-21H2,1-3H3. The van der Waals surface area contributed by atoms with Crippen LogP contribution in [-0.4, -0.2) is 37.7 Å². The molecule has 0 rings (SSSR count). The smallest absolute Gasteiger partial charge is 0.0593 e. The van der Waals surface area contributed by atoms with Crippen LogP contribution in [0.15, 0.2) is 0 Å². The highest BCUT2D eigenvalue weighted by atomic mass is 16.5. The summed E-state index contributed by atoms with van der Waals surface area (Å²) in [6.45, 7) is 12.0. The molecular weight excluding hydrogens is 282 g/mol. The molecule has 0 N–H and O–H groups in total. The summed E-state index contributed by atoms with van der Waals surface area (Å²) in [6.07, 6.45) is 18.4. The molecule has 2 heteroatoms. The van der Waals surface area contributed by atoms with Gasteiger partial charge < -0.3 is 9.64 Å². The zero-order valence-corrected chi connectivity index (χ0v) is 16.6. The summed E-state index contributed by atoms with van der Waals surface area (Å²) in [5.41, 5.74) is 0. The van der Waals surface area contributed by atoms with Gasteiger partial charge in [-0.2, -0.15) is 0 Å². The van der Waals surface area contributed by atoms with Crippen molar-refractivity contribution in [3.8, 4) is 0 Å². The van der Waals surface area contributed by atoms with Crippen molar-refractivity contribution in [1.29, 1.82) is 0 Å². The van der Waals surface area contributed by atoms with Crippen LogP contribution >= 0.6 is 0 Å². The fourth-order valence-electron chi connectivity index (χ4n) is 3.06. The second-order valence-electron chi connectivity index (χ2n) is 6.88. The molecular formula is C21H45NO. The molecule has 0 radical (unpaired) electrons. The lowest BCUT2D eigenvalue weighted by Crippen LogP contribution is -2.27. The third kappa shape index (κ3) is 18.1. The average molecular weight is 328 g/mol. The first-order valence-corrected chi connectivity index (χ1v) is 10.6. The molecule has 0 saturated carbocycles. The number of hydrogen-bond acceptors (Lipinski definition) is 2. The van der Waals surface area contributed by atoms with Crippen molar-refractivity contribution in [1.82, 2.24) is 4.90 Å². The van der Waals surface area contributed by atoms with Crippen LogP contribution in [0.4, 0.5) is 0 Å². The zero-order chi connectivity index (χ0) is 17.0. The lowest BCUT2D eigenvalue weighted by molar-refractivity contribution is 0.104. The summed E-state index contributed by atoms with van der Waals surface area (Å²) in [7, 11) is 0. The van der Waals surface area contributed by atoms with Crippen LogP contribution < -0.4 is 0 Å². The number of nitrogens with zero attached hydrogens (tertiary/aromatic N) is 1. The van der Waals surface area contributed by atoms with E-state index in [1.165, 1.54) is 83.5 Å². The lowest BCUT2D eigenvalue weighted by atomic mass is 10.0. The van der Waals surface area contributed by atoms with Crippen molar-refractivity contribution in [2.75, 3.05) is 32.8 Å². The van der Waals surface area contributed by atoms with Crippen LogP contribution in [0.3, 0.4) is 0 Å². The van der Waals surface area contributed by atoms with Crippen molar-refractivity contribution in [2.24, 2.45) is 0 Å². The molecule has 0 atom stereocenters. The number of ether oxygens (including phenoxy) is 1. The summed E-state index contributed by atoms with van der Waals surface area (Å²) in [5, 5.41) is 0. The maximum atomic E-state index is 5.73. The van der Waals surface area contributed by atoms with Gasteiger partial charge in [0.25, 0.3) is 0 Å². The van der Waals surface area contributed by atoms with E-state index >= 15 is 0 Å². The summed E-state index contributed by atoms with van der Waals surface area (Å²) < 4.78 is 5.73. The largest absolute Gasteiger partial charge is 0.380 e. The first-order valence-electron chi connectivity index (χ1n) is 10.6. The fourth-order valence-corrected chi connectivity index (χ4v) is 3.06. The molecule has 0 aliphatic rings. The summed E-state index contributed by atoms with van der Waals surface area (Å²) in [6, 6.07) is 0. The van der Waals surface area contributed by atoms with Gasteiger partial charge in [-0.3, -0.25) is 0 Å². The monoisotopic (exact) mass is 327 g/mol. The SMILES string of the molecule is CCCCCCCCCCCCCCCOCCN(CC)CC. The molecule has 0 fully saturated rings. The van der Waals surface area contributed by atoms with Gasteiger partial charge in [0.1, 0.15) is 0 Å². The minimum absolute atomic E-state index is 0.903. The van der Waals surface area contributed by atoms with Crippen LogP contribution in [-0.2, 0) is 4.74 Å². The zero-order valence-electron chi connectivity index (χ0n) is 16.6. The Bertz CT molecular complexity index is 204. The minimum Gasteiger partial charge on any atom is -0.380 e. The molecule has 0 aromatic rings. The van der Waals surface area contributed by atoms with E-state index in [-0.39, 0.29) is 0 Å². The molecule has 0 aliphatic carbocycles. The Morgan fingerprint density at radius 3 is 1.39 bits per heavy atom. The van der Waals surface area contributed by atoms with Crippen LogP contribution in [0.25, 0.3) is 0 Å². The van der Waals surface area contributed by atoms with E-state index in [0.717, 1.165) is 32.8 Å². The highest BCUT2D eigenvalue weighted by Crippen LogP contribution is 2.12. The molecule has 0 bridgehead atoms. The summed E-state index contributed by atoms with van der Waals surface area (Å²) in [4.78, 5) is 2.42. The second kappa shape index (κ2) is 20.0. The Balaban J connectivity index is 3.02. The average Bonchev–Trinajstić information content (AvgIpc) is 2.58. The van der Waals surface area contributed by atoms with Gasteiger partial charge in [0.2, 0.25) is 0 Å². The van der Waals surface area contributed by atoms with E-state index in [4.69, 9.17) is 4.74 Å². The maximum absolute atomic E-state index is 5.73. The van der Waals surface area contributed by atoms with Crippen molar-refractivity contribution >= 4 is 0 Å². The molecule has 0 aromatic heterocycles. The first kappa shape index (κ1) is 22.9. The predicted molar refractivity (Wildman–Crippen MR) is 104 cm³/mol. The van der Waals surface area contributed by atoms with Crippen LogP contribution in [0.1, 0.15) is 104 Å². The Labute approximate surface area is 147 Å². The van der Waals surface area contributed by atoms with E-state index in [1.807, 2.05) is 0 Å². The van der Waals surface area contributed by atoms with Crippen LogP contribution in [0, 0.1) is 0 Å². The van der Waals surface area contributed by atoms with Gasteiger partial charge in [0.15, 0.2) is 0 Å². The molecule has 2 nitrogen and oxygen atoms in total. The number of hydrogen-bond donors (Lipinski definition) is 0. The van der Waals surface area contributed by atoms with E-state index in [9.17, 15) is 0 Å². The molecule has 0 aromatic carbocycles. The third-order valence-corrected chi connectivity index (χ3v) is 4.84. The lowest BCUT2D eigenvalue weighted by Gasteiger charge is -2.17. The normalized spacial score (nSPS) is 11.5. The van der Waals surface area contributed by atoms with E-state index < -0.39 is 0 Å². The number of unbranched alkanes of at least 4 members (excludes halogenated alkanes) is 12. The Morgan fingerprint density at radius 1 is 0.522 bits per heavy atom. The predicted octanol–water partition coefficient (Wildman–Crippen LogP) is 6.44. The maximum Gasteiger partial charge on any atom is 0.0593 e. The Morgan fingerprint density at radius 2 is 0.957 bits per heavy atom. The van der Waals surface area contributed by atoms with E-state index in [1.54, 1.807) is 0 Å². The quantitative estimate of drug-likeness (QED) is 0.253.